The molecule has 2 fully saturated rings. The topological polar surface area (TPSA) is 95.8 Å². The Bertz CT molecular complexity index is 978. The first kappa shape index (κ1) is 21.8. The Kier molecular flexibility index (Phi) is 6.68. The number of hydrogen-bond acceptors (Lipinski definition) is 5. The van der Waals surface area contributed by atoms with E-state index in [2.05, 4.69) is 5.32 Å². The lowest BCUT2D eigenvalue weighted by molar-refractivity contribution is -0.384. The zero-order valence-corrected chi connectivity index (χ0v) is 18.0. The number of likely N-dealkylation sites (tertiary alicyclic amines) is 1. The predicted molar refractivity (Wildman–Crippen MR) is 121 cm³/mol. The Morgan fingerprint density at radius 3 is 2.28 bits per heavy atom. The second-order valence-electron chi connectivity index (χ2n) is 8.42. The van der Waals surface area contributed by atoms with Crippen molar-refractivity contribution in [3.8, 4) is 0 Å². The number of para-hydroxylation sites is 2. The Balaban J connectivity index is 1.27. The standard InChI is InChI=1S/C24H28N4O4/c29-23(19-11-15-26(16-12-19)21-5-1-2-6-22(21)28(31)32)25-17-18-7-9-20(10-8-18)24(30)27-13-3-4-14-27/h1-2,5-10,19H,3-4,11-17H2,(H,25,29). The average Bonchev–Trinajstić information content (AvgIpc) is 3.37. The van der Waals surface area contributed by atoms with Crippen molar-refractivity contribution in [1.82, 2.24) is 10.2 Å². The van der Waals surface area contributed by atoms with Gasteiger partial charge >= 0.3 is 0 Å². The van der Waals surface area contributed by atoms with Crippen LogP contribution in [0.4, 0.5) is 11.4 Å². The van der Waals surface area contributed by atoms with Gasteiger partial charge < -0.3 is 15.1 Å². The number of nitrogens with one attached hydrogen (secondary N) is 1. The van der Waals surface area contributed by atoms with Gasteiger partial charge in [0.15, 0.2) is 0 Å². The largest absolute Gasteiger partial charge is 0.366 e. The van der Waals surface area contributed by atoms with Gasteiger partial charge in [0, 0.05) is 50.3 Å². The summed E-state index contributed by atoms with van der Waals surface area (Å²) in [5, 5.41) is 14.3. The molecule has 0 radical (unpaired) electrons. The maximum Gasteiger partial charge on any atom is 0.292 e. The molecule has 0 aliphatic carbocycles. The highest BCUT2D eigenvalue weighted by Gasteiger charge is 2.28. The minimum Gasteiger partial charge on any atom is -0.366 e. The lowest BCUT2D eigenvalue weighted by atomic mass is 9.95. The van der Waals surface area contributed by atoms with Crippen LogP contribution < -0.4 is 10.2 Å². The number of piperidine rings is 1. The fourth-order valence-corrected chi connectivity index (χ4v) is 4.47. The first-order valence-electron chi connectivity index (χ1n) is 11.2. The van der Waals surface area contributed by atoms with Gasteiger partial charge in [0.2, 0.25) is 5.91 Å². The number of carbonyl (C=O) groups is 2. The molecule has 168 valence electrons. The second-order valence-corrected chi connectivity index (χ2v) is 8.42. The van der Waals surface area contributed by atoms with E-state index in [1.54, 1.807) is 18.2 Å². The molecule has 4 rings (SSSR count). The van der Waals surface area contributed by atoms with E-state index in [0.29, 0.717) is 43.7 Å². The summed E-state index contributed by atoms with van der Waals surface area (Å²) in [5.74, 6) is -0.0297. The summed E-state index contributed by atoms with van der Waals surface area (Å²) in [5.41, 5.74) is 2.35. The molecule has 2 amide bonds. The molecule has 2 aromatic rings. The van der Waals surface area contributed by atoms with Crippen LogP contribution in [0.25, 0.3) is 0 Å². The predicted octanol–water partition coefficient (Wildman–Crippen LogP) is 3.36. The molecule has 0 aromatic heterocycles. The maximum absolute atomic E-state index is 12.6. The third-order valence-corrected chi connectivity index (χ3v) is 6.35. The maximum atomic E-state index is 12.6. The van der Waals surface area contributed by atoms with Crippen molar-refractivity contribution >= 4 is 23.2 Å². The van der Waals surface area contributed by atoms with Gasteiger partial charge in [0.1, 0.15) is 5.69 Å². The number of benzene rings is 2. The highest BCUT2D eigenvalue weighted by atomic mass is 16.6. The molecular weight excluding hydrogens is 408 g/mol. The second kappa shape index (κ2) is 9.80. The summed E-state index contributed by atoms with van der Waals surface area (Å²) in [7, 11) is 0. The van der Waals surface area contributed by atoms with E-state index in [1.807, 2.05) is 34.1 Å². The molecule has 0 atom stereocenters. The number of nitrogens with zero attached hydrogens (tertiary/aromatic N) is 3. The number of nitro groups is 1. The Hall–Kier alpha value is -3.42. The van der Waals surface area contributed by atoms with Gasteiger partial charge in [-0.2, -0.15) is 0 Å². The minimum absolute atomic E-state index is 0.00410. The minimum atomic E-state index is -0.363. The third kappa shape index (κ3) is 4.90. The molecule has 2 aromatic carbocycles. The Morgan fingerprint density at radius 1 is 0.969 bits per heavy atom. The van der Waals surface area contributed by atoms with E-state index in [4.69, 9.17) is 0 Å². The molecule has 2 heterocycles. The van der Waals surface area contributed by atoms with Crippen molar-refractivity contribution in [2.75, 3.05) is 31.1 Å². The molecule has 0 saturated carbocycles. The van der Waals surface area contributed by atoms with Crippen LogP contribution in [0.3, 0.4) is 0 Å². The Morgan fingerprint density at radius 2 is 1.62 bits per heavy atom. The van der Waals surface area contributed by atoms with E-state index in [9.17, 15) is 19.7 Å². The van der Waals surface area contributed by atoms with Crippen LogP contribution in [-0.2, 0) is 11.3 Å². The van der Waals surface area contributed by atoms with Crippen molar-refractivity contribution in [2.24, 2.45) is 5.92 Å². The summed E-state index contributed by atoms with van der Waals surface area (Å²) < 4.78 is 0. The number of rotatable bonds is 6. The van der Waals surface area contributed by atoms with Crippen LogP contribution in [0.15, 0.2) is 48.5 Å². The monoisotopic (exact) mass is 436 g/mol. The number of anilines is 1. The first-order chi connectivity index (χ1) is 15.5. The van der Waals surface area contributed by atoms with Crippen LogP contribution >= 0.6 is 0 Å². The first-order valence-corrected chi connectivity index (χ1v) is 11.2. The molecule has 8 nitrogen and oxygen atoms in total. The third-order valence-electron chi connectivity index (χ3n) is 6.35. The van der Waals surface area contributed by atoms with Gasteiger partial charge in [0.05, 0.1) is 4.92 Å². The van der Waals surface area contributed by atoms with Crippen LogP contribution in [0, 0.1) is 16.0 Å². The fraction of sp³-hybridized carbons (Fsp3) is 0.417. The van der Waals surface area contributed by atoms with Gasteiger partial charge in [-0.3, -0.25) is 19.7 Å². The van der Waals surface area contributed by atoms with Crippen molar-refractivity contribution in [3.63, 3.8) is 0 Å². The van der Waals surface area contributed by atoms with Crippen LogP contribution in [0.2, 0.25) is 0 Å². The SMILES string of the molecule is O=C(NCc1ccc(C(=O)N2CCCC2)cc1)C1CCN(c2ccccc2[N+](=O)[O-])CC1. The van der Waals surface area contributed by atoms with Crippen molar-refractivity contribution < 1.29 is 14.5 Å². The highest BCUT2D eigenvalue weighted by molar-refractivity contribution is 5.94. The van der Waals surface area contributed by atoms with Gasteiger partial charge in [-0.15, -0.1) is 0 Å². The summed E-state index contributed by atoms with van der Waals surface area (Å²) in [6, 6.07) is 14.2. The zero-order valence-electron chi connectivity index (χ0n) is 18.0. The molecule has 2 aliphatic heterocycles. The summed E-state index contributed by atoms with van der Waals surface area (Å²) >= 11 is 0. The molecule has 0 spiro atoms. The van der Waals surface area contributed by atoms with Gasteiger partial charge in [0.25, 0.3) is 11.6 Å². The summed E-state index contributed by atoms with van der Waals surface area (Å²) in [6.45, 7) is 3.29. The number of hydrogen-bond donors (Lipinski definition) is 1. The number of amides is 2. The van der Waals surface area contributed by atoms with Crippen molar-refractivity contribution in [1.29, 1.82) is 0 Å². The molecule has 0 bridgehead atoms. The van der Waals surface area contributed by atoms with E-state index in [0.717, 1.165) is 31.5 Å². The van der Waals surface area contributed by atoms with E-state index < -0.39 is 0 Å². The molecule has 2 aliphatic rings. The normalized spacial score (nSPS) is 16.8. The quantitative estimate of drug-likeness (QED) is 0.553. The van der Waals surface area contributed by atoms with E-state index in [1.165, 1.54) is 6.07 Å². The summed E-state index contributed by atoms with van der Waals surface area (Å²) in [4.78, 5) is 39.9. The fourth-order valence-electron chi connectivity index (χ4n) is 4.47. The Labute approximate surface area is 187 Å². The molecule has 0 unspecified atom stereocenters. The molecule has 1 N–H and O–H groups in total. The lowest BCUT2D eigenvalue weighted by Crippen LogP contribution is -2.40. The van der Waals surface area contributed by atoms with Crippen LogP contribution in [0.1, 0.15) is 41.6 Å². The van der Waals surface area contributed by atoms with Gasteiger partial charge in [-0.25, -0.2) is 0 Å². The molecule has 2 saturated heterocycles. The summed E-state index contributed by atoms with van der Waals surface area (Å²) in [6.07, 6.45) is 3.44. The molecule has 8 heteroatoms. The van der Waals surface area contributed by atoms with Gasteiger partial charge in [-0.1, -0.05) is 24.3 Å². The highest BCUT2D eigenvalue weighted by Crippen LogP contribution is 2.31. The van der Waals surface area contributed by atoms with Crippen molar-refractivity contribution in [3.05, 3.63) is 69.8 Å². The zero-order chi connectivity index (χ0) is 22.5. The van der Waals surface area contributed by atoms with Crippen LogP contribution in [-0.4, -0.2) is 47.8 Å². The van der Waals surface area contributed by atoms with E-state index >= 15 is 0 Å². The van der Waals surface area contributed by atoms with Crippen LogP contribution in [0.5, 0.6) is 0 Å². The average molecular weight is 437 g/mol. The smallest absolute Gasteiger partial charge is 0.292 e. The van der Waals surface area contributed by atoms with Gasteiger partial charge in [-0.05, 0) is 49.4 Å². The number of nitro benzene ring substituents is 1. The molecule has 32 heavy (non-hydrogen) atoms. The number of carbonyl (C=O) groups excluding carboxylic acids is 2. The van der Waals surface area contributed by atoms with Crippen molar-refractivity contribution in [2.45, 2.75) is 32.2 Å². The van der Waals surface area contributed by atoms with E-state index in [-0.39, 0.29) is 28.3 Å². The molecular formula is C24H28N4O4. The lowest BCUT2D eigenvalue weighted by Gasteiger charge is -2.32.